The minimum absolute atomic E-state index is 0.187. The number of hydrogen-bond donors (Lipinski definition) is 1. The summed E-state index contributed by atoms with van der Waals surface area (Å²) < 4.78 is 14.8. The first-order valence-electron chi connectivity index (χ1n) is 7.06. The number of benzene rings is 2. The highest BCUT2D eigenvalue weighted by Crippen LogP contribution is 2.22. The number of rotatable bonds is 4. The molecule has 1 N–H and O–H groups in total. The molecule has 122 valence electrons. The van der Waals surface area contributed by atoms with Crippen molar-refractivity contribution in [3.05, 3.63) is 81.7 Å². The second-order valence-corrected chi connectivity index (χ2v) is 5.89. The van der Waals surface area contributed by atoms with Crippen LogP contribution in [0.2, 0.25) is 10.0 Å². The molecule has 0 atom stereocenters. The number of halogens is 3. The lowest BCUT2D eigenvalue weighted by atomic mass is 10.2. The lowest BCUT2D eigenvalue weighted by Gasteiger charge is -2.04. The molecule has 4 nitrogen and oxygen atoms in total. The predicted octanol–water partition coefficient (Wildman–Crippen LogP) is 4.63. The van der Waals surface area contributed by atoms with E-state index in [1.165, 1.54) is 18.2 Å². The lowest BCUT2D eigenvalue weighted by Crippen LogP contribution is -2.13. The van der Waals surface area contributed by atoms with Crippen LogP contribution in [0.4, 0.5) is 10.2 Å². The van der Waals surface area contributed by atoms with Crippen LogP contribution in [0.3, 0.4) is 0 Å². The van der Waals surface area contributed by atoms with Gasteiger partial charge < -0.3 is 5.32 Å². The first-order valence-corrected chi connectivity index (χ1v) is 7.82. The third kappa shape index (κ3) is 3.75. The Morgan fingerprint density at radius 1 is 1.12 bits per heavy atom. The summed E-state index contributed by atoms with van der Waals surface area (Å²) in [5.41, 5.74) is 1.06. The Balaban J connectivity index is 1.77. The molecule has 1 heterocycles. The van der Waals surface area contributed by atoms with Crippen molar-refractivity contribution in [3.8, 4) is 0 Å². The number of anilines is 1. The van der Waals surface area contributed by atoms with Crippen molar-refractivity contribution in [2.45, 2.75) is 6.54 Å². The van der Waals surface area contributed by atoms with Crippen LogP contribution in [0.1, 0.15) is 15.9 Å². The van der Waals surface area contributed by atoms with Crippen LogP contribution in [0.5, 0.6) is 0 Å². The summed E-state index contributed by atoms with van der Waals surface area (Å²) in [5, 5.41) is 7.71. The van der Waals surface area contributed by atoms with Crippen LogP contribution in [0, 0.1) is 5.82 Å². The van der Waals surface area contributed by atoms with Gasteiger partial charge in [-0.3, -0.25) is 9.48 Å². The smallest absolute Gasteiger partial charge is 0.257 e. The molecule has 3 rings (SSSR count). The Hall–Kier alpha value is -2.37. The number of nitrogens with zero attached hydrogens (tertiary/aromatic N) is 2. The fraction of sp³-hybridized carbons (Fsp3) is 0.0588. The Morgan fingerprint density at radius 2 is 1.92 bits per heavy atom. The van der Waals surface area contributed by atoms with Crippen LogP contribution in [-0.2, 0) is 6.54 Å². The maximum atomic E-state index is 13.2. The molecule has 0 aliphatic heterocycles. The molecule has 0 spiro atoms. The van der Waals surface area contributed by atoms with E-state index in [1.54, 1.807) is 16.9 Å². The molecule has 2 aromatic carbocycles. The maximum absolute atomic E-state index is 13.2. The van der Waals surface area contributed by atoms with Crippen molar-refractivity contribution < 1.29 is 9.18 Å². The Morgan fingerprint density at radius 3 is 2.67 bits per heavy atom. The van der Waals surface area contributed by atoms with Gasteiger partial charge in [0, 0.05) is 16.8 Å². The summed E-state index contributed by atoms with van der Waals surface area (Å²) >= 11 is 12.2. The van der Waals surface area contributed by atoms with Gasteiger partial charge >= 0.3 is 0 Å². The van der Waals surface area contributed by atoms with E-state index in [0.717, 1.165) is 11.6 Å². The highest BCUT2D eigenvalue weighted by atomic mass is 35.5. The number of carbonyl (C=O) groups excluding carboxylic acids is 1. The van der Waals surface area contributed by atoms with Crippen LogP contribution >= 0.6 is 23.2 Å². The largest absolute Gasteiger partial charge is 0.304 e. The summed E-state index contributed by atoms with van der Waals surface area (Å²) in [5.74, 6) is -0.768. The van der Waals surface area contributed by atoms with Crippen molar-refractivity contribution in [2.24, 2.45) is 0 Å². The second kappa shape index (κ2) is 7.03. The summed E-state index contributed by atoms with van der Waals surface area (Å²) in [6.45, 7) is 0.412. The first kappa shape index (κ1) is 16.5. The molecule has 0 saturated heterocycles. The highest BCUT2D eigenvalue weighted by molar-refractivity contribution is 6.33. The molecular weight excluding hydrogens is 352 g/mol. The van der Waals surface area contributed by atoms with Crippen molar-refractivity contribution in [1.82, 2.24) is 9.78 Å². The molecule has 0 radical (unpaired) electrons. The fourth-order valence-corrected chi connectivity index (χ4v) is 2.57. The van der Waals surface area contributed by atoms with Gasteiger partial charge in [-0.2, -0.15) is 5.10 Å². The zero-order valence-corrected chi connectivity index (χ0v) is 13.9. The first-order chi connectivity index (χ1) is 11.5. The average Bonchev–Trinajstić information content (AvgIpc) is 2.89. The Labute approximate surface area is 147 Å². The van der Waals surface area contributed by atoms with Crippen molar-refractivity contribution in [2.75, 3.05) is 5.32 Å². The van der Waals surface area contributed by atoms with E-state index in [9.17, 15) is 9.18 Å². The van der Waals surface area contributed by atoms with E-state index in [2.05, 4.69) is 10.4 Å². The monoisotopic (exact) mass is 363 g/mol. The van der Waals surface area contributed by atoms with E-state index in [0.29, 0.717) is 11.6 Å². The number of amides is 1. The van der Waals surface area contributed by atoms with Gasteiger partial charge in [0.2, 0.25) is 0 Å². The highest BCUT2D eigenvalue weighted by Gasteiger charge is 2.13. The molecule has 0 aliphatic carbocycles. The summed E-state index contributed by atoms with van der Waals surface area (Å²) in [6.07, 6.45) is 1.59. The van der Waals surface area contributed by atoms with Crippen molar-refractivity contribution in [1.29, 1.82) is 0 Å². The Bertz CT molecular complexity index is 895. The standard InChI is InChI=1S/C17H12Cl2FN3O/c18-14-7-2-1-4-12(14)9-23-10-15(19)16(22-23)21-17(24)11-5-3-6-13(20)8-11/h1-8,10H,9H2,(H,21,22,24). The van der Waals surface area contributed by atoms with Crippen LogP contribution in [0.15, 0.2) is 54.7 Å². The minimum atomic E-state index is -0.488. The maximum Gasteiger partial charge on any atom is 0.257 e. The van der Waals surface area contributed by atoms with Gasteiger partial charge in [0.15, 0.2) is 5.82 Å². The van der Waals surface area contributed by atoms with Crippen LogP contribution in [-0.4, -0.2) is 15.7 Å². The molecule has 0 fully saturated rings. The summed E-state index contributed by atoms with van der Waals surface area (Å²) in [4.78, 5) is 12.1. The Kier molecular flexibility index (Phi) is 4.83. The zero-order valence-electron chi connectivity index (χ0n) is 12.3. The number of hydrogen-bond acceptors (Lipinski definition) is 2. The summed E-state index contributed by atoms with van der Waals surface area (Å²) in [7, 11) is 0. The molecule has 24 heavy (non-hydrogen) atoms. The number of nitrogens with one attached hydrogen (secondary N) is 1. The molecule has 0 bridgehead atoms. The van der Waals surface area contributed by atoms with E-state index in [-0.39, 0.29) is 16.4 Å². The molecule has 1 amide bonds. The van der Waals surface area contributed by atoms with E-state index in [1.807, 2.05) is 18.2 Å². The zero-order chi connectivity index (χ0) is 17.1. The van der Waals surface area contributed by atoms with E-state index in [4.69, 9.17) is 23.2 Å². The number of aromatic nitrogens is 2. The lowest BCUT2D eigenvalue weighted by molar-refractivity contribution is 0.102. The van der Waals surface area contributed by atoms with Gasteiger partial charge in [0.25, 0.3) is 5.91 Å². The topological polar surface area (TPSA) is 46.9 Å². The van der Waals surface area contributed by atoms with E-state index >= 15 is 0 Å². The van der Waals surface area contributed by atoms with Gasteiger partial charge in [0.05, 0.1) is 6.54 Å². The van der Waals surface area contributed by atoms with E-state index < -0.39 is 11.7 Å². The van der Waals surface area contributed by atoms with Gasteiger partial charge in [0.1, 0.15) is 10.8 Å². The molecule has 7 heteroatoms. The fourth-order valence-electron chi connectivity index (χ4n) is 2.17. The third-order valence-corrected chi connectivity index (χ3v) is 3.97. The molecule has 0 unspecified atom stereocenters. The SMILES string of the molecule is O=C(Nc1nn(Cc2ccccc2Cl)cc1Cl)c1cccc(F)c1. The normalized spacial score (nSPS) is 10.6. The average molecular weight is 364 g/mol. The number of carbonyl (C=O) groups is 1. The minimum Gasteiger partial charge on any atom is -0.304 e. The molecule has 0 aliphatic rings. The van der Waals surface area contributed by atoms with Crippen LogP contribution in [0.25, 0.3) is 0 Å². The van der Waals surface area contributed by atoms with Crippen molar-refractivity contribution >= 4 is 34.9 Å². The molecule has 0 saturated carbocycles. The molecule has 3 aromatic rings. The predicted molar refractivity (Wildman–Crippen MR) is 92.1 cm³/mol. The van der Waals surface area contributed by atoms with Crippen molar-refractivity contribution in [3.63, 3.8) is 0 Å². The van der Waals surface area contributed by atoms with Gasteiger partial charge in [-0.1, -0.05) is 47.5 Å². The summed E-state index contributed by atoms with van der Waals surface area (Å²) in [6, 6.07) is 12.8. The van der Waals surface area contributed by atoms with Gasteiger partial charge in [-0.25, -0.2) is 4.39 Å². The van der Waals surface area contributed by atoms with Crippen LogP contribution < -0.4 is 5.32 Å². The van der Waals surface area contributed by atoms with Gasteiger partial charge in [-0.15, -0.1) is 0 Å². The quantitative estimate of drug-likeness (QED) is 0.734. The molecule has 1 aromatic heterocycles. The van der Waals surface area contributed by atoms with Gasteiger partial charge in [-0.05, 0) is 29.8 Å². The third-order valence-electron chi connectivity index (χ3n) is 3.33. The second-order valence-electron chi connectivity index (χ2n) is 5.08. The molecular formula is C17H12Cl2FN3O.